The van der Waals surface area contributed by atoms with Gasteiger partial charge in [-0.3, -0.25) is 14.5 Å². The number of benzene rings is 1. The SMILES string of the molecule is COc1ccc(CCN2C(=O)N[C@H](CCC(=O)Nc3ncccc3C)C2=O)cc1OC. The second kappa shape index (κ2) is 9.92. The summed E-state index contributed by atoms with van der Waals surface area (Å²) in [6.45, 7) is 2.08. The minimum absolute atomic E-state index is 0.0935. The standard InChI is InChI=1S/C22H26N4O5/c1-14-5-4-11-23-20(14)25-19(27)9-7-16-21(28)26(22(29)24-16)12-10-15-6-8-17(30-2)18(13-15)31-3/h4-6,8,11,13,16H,7,9-10,12H2,1-3H3,(H,24,29)(H,23,25,27)/t16-/m1/s1. The van der Waals surface area contributed by atoms with Gasteiger partial charge in [0.25, 0.3) is 5.91 Å². The van der Waals surface area contributed by atoms with Gasteiger partial charge >= 0.3 is 6.03 Å². The van der Waals surface area contributed by atoms with E-state index in [1.165, 1.54) is 4.90 Å². The number of pyridine rings is 1. The van der Waals surface area contributed by atoms with E-state index in [-0.39, 0.29) is 31.2 Å². The van der Waals surface area contributed by atoms with Gasteiger partial charge in [0.15, 0.2) is 11.5 Å². The van der Waals surface area contributed by atoms with Crippen LogP contribution in [0, 0.1) is 6.92 Å². The number of nitrogens with one attached hydrogen (secondary N) is 2. The number of carbonyl (C=O) groups excluding carboxylic acids is 3. The molecule has 1 aromatic heterocycles. The number of nitrogens with zero attached hydrogens (tertiary/aromatic N) is 2. The summed E-state index contributed by atoms with van der Waals surface area (Å²) in [6.07, 6.45) is 2.39. The van der Waals surface area contributed by atoms with Crippen LogP contribution in [0.1, 0.15) is 24.0 Å². The first-order valence-electron chi connectivity index (χ1n) is 9.97. The van der Waals surface area contributed by atoms with E-state index >= 15 is 0 Å². The predicted octanol–water partition coefficient (Wildman–Crippen LogP) is 2.29. The molecule has 9 nitrogen and oxygen atoms in total. The topological polar surface area (TPSA) is 110 Å². The first kappa shape index (κ1) is 22.1. The third-order valence-electron chi connectivity index (χ3n) is 5.11. The Labute approximate surface area is 180 Å². The summed E-state index contributed by atoms with van der Waals surface area (Å²) < 4.78 is 10.5. The number of carbonyl (C=O) groups is 3. The molecule has 0 spiro atoms. The molecule has 2 aromatic rings. The molecule has 1 aliphatic rings. The smallest absolute Gasteiger partial charge is 0.324 e. The summed E-state index contributed by atoms with van der Waals surface area (Å²) in [5.41, 5.74) is 1.76. The molecule has 0 bridgehead atoms. The number of aromatic nitrogens is 1. The van der Waals surface area contributed by atoms with E-state index in [1.54, 1.807) is 32.5 Å². The maximum absolute atomic E-state index is 12.6. The van der Waals surface area contributed by atoms with Gasteiger partial charge in [-0.15, -0.1) is 0 Å². The van der Waals surface area contributed by atoms with Gasteiger partial charge in [0.05, 0.1) is 14.2 Å². The Hall–Kier alpha value is -3.62. The van der Waals surface area contributed by atoms with Crippen LogP contribution < -0.4 is 20.1 Å². The van der Waals surface area contributed by atoms with Crippen molar-refractivity contribution in [2.75, 3.05) is 26.1 Å². The van der Waals surface area contributed by atoms with Gasteiger partial charge in [0.1, 0.15) is 11.9 Å². The third-order valence-corrected chi connectivity index (χ3v) is 5.11. The zero-order chi connectivity index (χ0) is 22.4. The minimum atomic E-state index is -0.714. The zero-order valence-electron chi connectivity index (χ0n) is 17.8. The van der Waals surface area contributed by atoms with Crippen molar-refractivity contribution in [3.05, 3.63) is 47.7 Å². The van der Waals surface area contributed by atoms with Crippen LogP contribution in [0.25, 0.3) is 0 Å². The molecule has 3 rings (SSSR count). The van der Waals surface area contributed by atoms with E-state index < -0.39 is 12.1 Å². The van der Waals surface area contributed by atoms with Crippen LogP contribution in [0.4, 0.5) is 10.6 Å². The fourth-order valence-electron chi connectivity index (χ4n) is 3.35. The van der Waals surface area contributed by atoms with Crippen LogP contribution in [0.3, 0.4) is 0 Å². The Morgan fingerprint density at radius 2 is 1.97 bits per heavy atom. The molecule has 31 heavy (non-hydrogen) atoms. The molecule has 0 radical (unpaired) electrons. The van der Waals surface area contributed by atoms with Crippen molar-refractivity contribution in [3.8, 4) is 11.5 Å². The number of hydrogen-bond donors (Lipinski definition) is 2. The highest BCUT2D eigenvalue weighted by atomic mass is 16.5. The number of methoxy groups -OCH3 is 2. The molecule has 1 atom stereocenters. The van der Waals surface area contributed by atoms with Gasteiger partial charge in [0, 0.05) is 19.2 Å². The fourth-order valence-corrected chi connectivity index (χ4v) is 3.35. The highest BCUT2D eigenvalue weighted by molar-refractivity contribution is 6.04. The van der Waals surface area contributed by atoms with Gasteiger partial charge in [-0.2, -0.15) is 0 Å². The molecule has 1 saturated heterocycles. The van der Waals surface area contributed by atoms with E-state index in [2.05, 4.69) is 15.6 Å². The lowest BCUT2D eigenvalue weighted by Crippen LogP contribution is -2.33. The molecule has 9 heteroatoms. The van der Waals surface area contributed by atoms with Crippen LogP contribution in [-0.4, -0.2) is 54.5 Å². The first-order valence-corrected chi connectivity index (χ1v) is 9.97. The molecule has 1 aliphatic heterocycles. The molecule has 0 aliphatic carbocycles. The lowest BCUT2D eigenvalue weighted by Gasteiger charge is -2.14. The van der Waals surface area contributed by atoms with Crippen molar-refractivity contribution in [1.82, 2.24) is 15.2 Å². The van der Waals surface area contributed by atoms with E-state index in [9.17, 15) is 14.4 Å². The van der Waals surface area contributed by atoms with E-state index in [0.29, 0.717) is 23.7 Å². The Morgan fingerprint density at radius 1 is 1.19 bits per heavy atom. The van der Waals surface area contributed by atoms with Crippen LogP contribution >= 0.6 is 0 Å². The summed E-state index contributed by atoms with van der Waals surface area (Å²) in [7, 11) is 3.11. The van der Waals surface area contributed by atoms with Crippen LogP contribution in [-0.2, 0) is 16.0 Å². The van der Waals surface area contributed by atoms with Crippen molar-refractivity contribution in [2.24, 2.45) is 0 Å². The average molecular weight is 426 g/mol. The van der Waals surface area contributed by atoms with Gasteiger partial charge in [-0.25, -0.2) is 9.78 Å². The number of urea groups is 1. The quantitative estimate of drug-likeness (QED) is 0.596. The number of ether oxygens (including phenoxy) is 2. The summed E-state index contributed by atoms with van der Waals surface area (Å²) in [5, 5.41) is 5.39. The normalized spacial score (nSPS) is 15.6. The number of imide groups is 1. The lowest BCUT2D eigenvalue weighted by atomic mass is 10.1. The van der Waals surface area contributed by atoms with Crippen molar-refractivity contribution in [3.63, 3.8) is 0 Å². The van der Waals surface area contributed by atoms with Gasteiger partial charge in [-0.05, 0) is 49.1 Å². The Morgan fingerprint density at radius 3 is 2.68 bits per heavy atom. The third kappa shape index (κ3) is 5.30. The molecule has 2 heterocycles. The number of aryl methyl sites for hydroxylation is 1. The molecular weight excluding hydrogens is 400 g/mol. The number of rotatable bonds is 9. The second-order valence-electron chi connectivity index (χ2n) is 7.19. The van der Waals surface area contributed by atoms with E-state index in [0.717, 1.165) is 11.1 Å². The molecule has 0 saturated carbocycles. The van der Waals surface area contributed by atoms with Gasteiger partial charge < -0.3 is 20.1 Å². The van der Waals surface area contributed by atoms with Gasteiger partial charge in [0.2, 0.25) is 5.91 Å². The average Bonchev–Trinajstić information content (AvgIpc) is 3.04. The van der Waals surface area contributed by atoms with Crippen molar-refractivity contribution in [1.29, 1.82) is 0 Å². The van der Waals surface area contributed by atoms with E-state index in [1.807, 2.05) is 25.1 Å². The summed E-state index contributed by atoms with van der Waals surface area (Å²) in [5.74, 6) is 1.11. The maximum Gasteiger partial charge on any atom is 0.324 e. The molecule has 0 unspecified atom stereocenters. The molecule has 1 fully saturated rings. The number of anilines is 1. The molecule has 1 aromatic carbocycles. The Bertz CT molecular complexity index is 978. The van der Waals surface area contributed by atoms with Gasteiger partial charge in [-0.1, -0.05) is 12.1 Å². The van der Waals surface area contributed by atoms with Crippen LogP contribution in [0.5, 0.6) is 11.5 Å². The van der Waals surface area contributed by atoms with E-state index in [4.69, 9.17) is 9.47 Å². The lowest BCUT2D eigenvalue weighted by molar-refractivity contribution is -0.127. The fraction of sp³-hybridized carbons (Fsp3) is 0.364. The molecule has 4 amide bonds. The Kier molecular flexibility index (Phi) is 7.07. The van der Waals surface area contributed by atoms with Crippen molar-refractivity contribution >= 4 is 23.7 Å². The maximum atomic E-state index is 12.6. The molecular formula is C22H26N4O5. The largest absolute Gasteiger partial charge is 0.493 e. The highest BCUT2D eigenvalue weighted by Gasteiger charge is 2.37. The molecule has 164 valence electrons. The van der Waals surface area contributed by atoms with Crippen LogP contribution in [0.15, 0.2) is 36.5 Å². The predicted molar refractivity (Wildman–Crippen MR) is 114 cm³/mol. The monoisotopic (exact) mass is 426 g/mol. The highest BCUT2D eigenvalue weighted by Crippen LogP contribution is 2.28. The minimum Gasteiger partial charge on any atom is -0.493 e. The summed E-state index contributed by atoms with van der Waals surface area (Å²) in [6, 6.07) is 7.93. The summed E-state index contributed by atoms with van der Waals surface area (Å²) in [4.78, 5) is 42.4. The first-order chi connectivity index (χ1) is 14.9. The second-order valence-corrected chi connectivity index (χ2v) is 7.19. The summed E-state index contributed by atoms with van der Waals surface area (Å²) >= 11 is 0. The number of hydrogen-bond acceptors (Lipinski definition) is 6. The zero-order valence-corrected chi connectivity index (χ0v) is 17.8. The number of amides is 4. The molecule has 2 N–H and O–H groups in total. The van der Waals surface area contributed by atoms with Crippen LogP contribution in [0.2, 0.25) is 0 Å². The Balaban J connectivity index is 1.52. The van der Waals surface area contributed by atoms with Crippen molar-refractivity contribution < 1.29 is 23.9 Å². The van der Waals surface area contributed by atoms with Crippen molar-refractivity contribution in [2.45, 2.75) is 32.2 Å².